The van der Waals surface area contributed by atoms with Gasteiger partial charge in [-0.3, -0.25) is 9.38 Å². The third kappa shape index (κ3) is 1.82. The van der Waals surface area contributed by atoms with Gasteiger partial charge in [0.2, 0.25) is 0 Å². The van der Waals surface area contributed by atoms with Crippen LogP contribution in [-0.4, -0.2) is 14.4 Å². The number of pyridine rings is 1. The summed E-state index contributed by atoms with van der Waals surface area (Å²) in [6.07, 6.45) is 5.76. The summed E-state index contributed by atoms with van der Waals surface area (Å²) in [7, 11) is 0. The van der Waals surface area contributed by atoms with Gasteiger partial charge in [-0.1, -0.05) is 72.8 Å². The lowest BCUT2D eigenvalue weighted by atomic mass is 9.93. The summed E-state index contributed by atoms with van der Waals surface area (Å²) in [5, 5.41) is 9.87. The van der Waals surface area contributed by atoms with E-state index in [1.807, 2.05) is 0 Å². The lowest BCUT2D eigenvalue weighted by Gasteiger charge is -2.14. The van der Waals surface area contributed by atoms with Gasteiger partial charge in [-0.2, -0.15) is 0 Å². The first kappa shape index (κ1) is 15.0. The van der Waals surface area contributed by atoms with Crippen molar-refractivity contribution in [2.75, 3.05) is 0 Å². The molecule has 0 bridgehead atoms. The highest BCUT2D eigenvalue weighted by atomic mass is 15.0. The number of benzene rings is 4. The summed E-state index contributed by atoms with van der Waals surface area (Å²) in [5.41, 5.74) is 3.04. The van der Waals surface area contributed by atoms with Crippen LogP contribution in [0.15, 0.2) is 91.4 Å². The molecule has 3 aromatic heterocycles. The fourth-order valence-corrected chi connectivity index (χ4v) is 4.90. The van der Waals surface area contributed by atoms with Crippen LogP contribution < -0.4 is 0 Å². The normalized spacial score (nSPS) is 12.1. The molecule has 0 aliphatic rings. The van der Waals surface area contributed by atoms with Gasteiger partial charge < -0.3 is 0 Å². The van der Waals surface area contributed by atoms with Crippen LogP contribution in [0.4, 0.5) is 0 Å². The number of aromatic nitrogens is 3. The molecular formula is C26H15N3. The SMILES string of the molecule is c1ccc2c(c1)cn1c3nccnc3c3c4ccccc4c4ccccc4c3c21. The molecular weight excluding hydrogens is 354 g/mol. The monoisotopic (exact) mass is 369 g/mol. The van der Waals surface area contributed by atoms with Crippen molar-refractivity contribution in [3.05, 3.63) is 91.4 Å². The molecule has 0 fully saturated rings. The quantitative estimate of drug-likeness (QED) is 0.286. The highest BCUT2D eigenvalue weighted by Crippen LogP contribution is 2.42. The number of fused-ring (bicyclic) bond motifs is 13. The van der Waals surface area contributed by atoms with Crippen molar-refractivity contribution in [1.82, 2.24) is 14.4 Å². The summed E-state index contributed by atoms with van der Waals surface area (Å²) in [4.78, 5) is 9.55. The molecule has 0 atom stereocenters. The van der Waals surface area contributed by atoms with Crippen LogP contribution in [0.5, 0.6) is 0 Å². The number of hydrogen-bond acceptors (Lipinski definition) is 2. The zero-order valence-electron chi connectivity index (χ0n) is 15.5. The second-order valence-electron chi connectivity index (χ2n) is 7.50. The van der Waals surface area contributed by atoms with Crippen molar-refractivity contribution >= 4 is 59.8 Å². The van der Waals surface area contributed by atoms with Crippen molar-refractivity contribution in [3.63, 3.8) is 0 Å². The van der Waals surface area contributed by atoms with E-state index in [1.54, 1.807) is 12.4 Å². The predicted octanol–water partition coefficient (Wildman–Crippen LogP) is 6.50. The fourth-order valence-electron chi connectivity index (χ4n) is 4.90. The number of hydrogen-bond donors (Lipinski definition) is 0. The number of rotatable bonds is 0. The summed E-state index contributed by atoms with van der Waals surface area (Å²) < 4.78 is 2.22. The molecule has 3 nitrogen and oxygen atoms in total. The molecule has 134 valence electrons. The summed E-state index contributed by atoms with van der Waals surface area (Å²) in [6, 6.07) is 25.9. The highest BCUT2D eigenvalue weighted by Gasteiger charge is 2.18. The molecule has 0 N–H and O–H groups in total. The molecule has 0 saturated heterocycles. The molecule has 3 heterocycles. The third-order valence-electron chi connectivity index (χ3n) is 6.04. The van der Waals surface area contributed by atoms with Crippen molar-refractivity contribution in [2.45, 2.75) is 0 Å². The van der Waals surface area contributed by atoms with Crippen LogP contribution in [0.1, 0.15) is 0 Å². The van der Waals surface area contributed by atoms with Gasteiger partial charge in [0.1, 0.15) is 5.52 Å². The average Bonchev–Trinajstić information content (AvgIpc) is 3.19. The molecule has 7 aromatic rings. The van der Waals surface area contributed by atoms with E-state index in [2.05, 4.69) is 83.4 Å². The second kappa shape index (κ2) is 5.30. The van der Waals surface area contributed by atoms with Gasteiger partial charge >= 0.3 is 0 Å². The van der Waals surface area contributed by atoms with Crippen LogP contribution in [0, 0.1) is 0 Å². The molecule has 0 aliphatic carbocycles. The van der Waals surface area contributed by atoms with Gasteiger partial charge in [-0.15, -0.1) is 0 Å². The molecule has 0 spiro atoms. The van der Waals surface area contributed by atoms with Gasteiger partial charge in [-0.25, -0.2) is 4.98 Å². The zero-order valence-corrected chi connectivity index (χ0v) is 15.5. The first-order valence-corrected chi connectivity index (χ1v) is 9.77. The maximum atomic E-state index is 4.80. The molecule has 7 rings (SSSR count). The molecule has 0 unspecified atom stereocenters. The molecule has 0 amide bonds. The van der Waals surface area contributed by atoms with Gasteiger partial charge in [0.25, 0.3) is 0 Å². The van der Waals surface area contributed by atoms with Crippen LogP contribution >= 0.6 is 0 Å². The summed E-state index contributed by atoms with van der Waals surface area (Å²) >= 11 is 0. The lowest BCUT2D eigenvalue weighted by Crippen LogP contribution is -1.96. The Balaban J connectivity index is 2.00. The Morgan fingerprint density at radius 1 is 0.552 bits per heavy atom. The van der Waals surface area contributed by atoms with Crippen molar-refractivity contribution in [2.24, 2.45) is 0 Å². The van der Waals surface area contributed by atoms with E-state index in [1.165, 1.54) is 48.6 Å². The van der Waals surface area contributed by atoms with E-state index in [0.29, 0.717) is 0 Å². The van der Waals surface area contributed by atoms with Crippen LogP contribution in [0.25, 0.3) is 59.8 Å². The molecule has 0 radical (unpaired) electrons. The van der Waals surface area contributed by atoms with E-state index in [9.17, 15) is 0 Å². The Bertz CT molecular complexity index is 1760. The minimum absolute atomic E-state index is 0.895. The first-order chi connectivity index (χ1) is 14.4. The lowest BCUT2D eigenvalue weighted by molar-refractivity contribution is 1.18. The molecule has 3 heteroatoms. The molecule has 4 aromatic carbocycles. The van der Waals surface area contributed by atoms with Gasteiger partial charge in [-0.05, 0) is 21.5 Å². The smallest absolute Gasteiger partial charge is 0.163 e. The van der Waals surface area contributed by atoms with Gasteiger partial charge in [0.05, 0.1) is 5.52 Å². The van der Waals surface area contributed by atoms with Crippen molar-refractivity contribution in [1.29, 1.82) is 0 Å². The Labute approximate surface area is 165 Å². The fraction of sp³-hybridized carbons (Fsp3) is 0. The Morgan fingerprint density at radius 2 is 1.14 bits per heavy atom. The van der Waals surface area contributed by atoms with E-state index in [-0.39, 0.29) is 0 Å². The topological polar surface area (TPSA) is 30.2 Å². The minimum Gasteiger partial charge on any atom is -0.298 e. The molecule has 29 heavy (non-hydrogen) atoms. The molecule has 0 aliphatic heterocycles. The summed E-state index contributed by atoms with van der Waals surface area (Å²) in [6.45, 7) is 0. The Hall–Kier alpha value is -3.98. The first-order valence-electron chi connectivity index (χ1n) is 9.77. The molecule has 0 saturated carbocycles. The summed E-state index contributed by atoms with van der Waals surface area (Å²) in [5.74, 6) is 0. The Kier molecular flexibility index (Phi) is 2.74. The van der Waals surface area contributed by atoms with Crippen LogP contribution in [0.2, 0.25) is 0 Å². The van der Waals surface area contributed by atoms with Crippen LogP contribution in [-0.2, 0) is 0 Å². The standard InChI is InChI=1S/C26H15N3/c1-2-8-17-16(7-1)15-29-25(17)23-21-12-6-4-10-19(21)18-9-3-5-11-20(18)22(23)24-26(29)28-14-13-27-24/h1-15H. The average molecular weight is 369 g/mol. The van der Waals surface area contributed by atoms with E-state index >= 15 is 0 Å². The Morgan fingerprint density at radius 3 is 1.90 bits per heavy atom. The maximum absolute atomic E-state index is 4.80. The van der Waals surface area contributed by atoms with Gasteiger partial charge in [0.15, 0.2) is 5.65 Å². The van der Waals surface area contributed by atoms with Crippen LogP contribution in [0.3, 0.4) is 0 Å². The minimum atomic E-state index is 0.895. The number of nitrogens with zero attached hydrogens (tertiary/aromatic N) is 3. The van der Waals surface area contributed by atoms with Crippen molar-refractivity contribution < 1.29 is 0 Å². The zero-order chi connectivity index (χ0) is 18.9. The second-order valence-corrected chi connectivity index (χ2v) is 7.50. The van der Waals surface area contributed by atoms with Gasteiger partial charge in [0, 0.05) is 40.1 Å². The van der Waals surface area contributed by atoms with E-state index < -0.39 is 0 Å². The predicted molar refractivity (Wildman–Crippen MR) is 121 cm³/mol. The largest absolute Gasteiger partial charge is 0.298 e. The van der Waals surface area contributed by atoms with Crippen molar-refractivity contribution in [3.8, 4) is 0 Å². The maximum Gasteiger partial charge on any atom is 0.163 e. The van der Waals surface area contributed by atoms with E-state index in [4.69, 9.17) is 9.97 Å². The van der Waals surface area contributed by atoms with E-state index in [0.717, 1.165) is 11.2 Å². The third-order valence-corrected chi connectivity index (χ3v) is 6.04. The highest BCUT2D eigenvalue weighted by molar-refractivity contribution is 6.36.